The number of carbonyl (C=O) groups is 1. The van der Waals surface area contributed by atoms with E-state index in [2.05, 4.69) is 24.8 Å². The second-order valence-corrected chi connectivity index (χ2v) is 7.53. The first-order valence-electron chi connectivity index (χ1n) is 9.62. The highest BCUT2D eigenvalue weighted by Crippen LogP contribution is 2.43. The molecule has 8 heteroatoms. The van der Waals surface area contributed by atoms with Crippen LogP contribution >= 0.6 is 0 Å². The third-order valence-corrected chi connectivity index (χ3v) is 5.85. The highest BCUT2D eigenvalue weighted by atomic mass is 16.2. The number of carbonyl (C=O) groups excluding carboxylic acids is 1. The number of rotatable bonds is 3. The summed E-state index contributed by atoms with van der Waals surface area (Å²) in [6.45, 7) is 4.35. The normalized spacial score (nSPS) is 18.5. The number of piperidine rings is 1. The Morgan fingerprint density at radius 2 is 2.04 bits per heavy atom. The zero-order valence-electron chi connectivity index (χ0n) is 16.3. The number of aromatic nitrogens is 4. The van der Waals surface area contributed by atoms with E-state index < -0.39 is 0 Å². The third-order valence-electron chi connectivity index (χ3n) is 5.85. The van der Waals surface area contributed by atoms with Gasteiger partial charge in [0.25, 0.3) is 0 Å². The summed E-state index contributed by atoms with van der Waals surface area (Å²) in [5.74, 6) is 1.96. The molecule has 1 saturated heterocycles. The first-order chi connectivity index (χ1) is 13.0. The van der Waals surface area contributed by atoms with Gasteiger partial charge >= 0.3 is 0 Å². The minimum Gasteiger partial charge on any atom is -0.361 e. The van der Waals surface area contributed by atoms with Crippen LogP contribution in [-0.4, -0.2) is 64.5 Å². The molecule has 0 radical (unpaired) electrons. The average molecular weight is 369 g/mol. The number of fused-ring (bicyclic) bond motifs is 2. The van der Waals surface area contributed by atoms with Gasteiger partial charge in [-0.1, -0.05) is 6.92 Å². The molecule has 2 aliphatic heterocycles. The van der Waals surface area contributed by atoms with Gasteiger partial charge < -0.3 is 19.7 Å². The monoisotopic (exact) mass is 369 g/mol. The topological polar surface area (TPSA) is 81.2 Å². The minimum atomic E-state index is -0.302. The molecule has 1 N–H and O–H groups in total. The highest BCUT2D eigenvalue weighted by molar-refractivity contribution is 5.77. The molecule has 2 aromatic heterocycles. The van der Waals surface area contributed by atoms with Crippen molar-refractivity contribution in [2.45, 2.75) is 38.1 Å². The Morgan fingerprint density at radius 1 is 1.26 bits per heavy atom. The van der Waals surface area contributed by atoms with Crippen LogP contribution in [0.15, 0.2) is 18.7 Å². The second kappa shape index (κ2) is 6.83. The molecule has 0 bridgehead atoms. The first kappa shape index (κ1) is 17.8. The van der Waals surface area contributed by atoms with Crippen LogP contribution in [0.2, 0.25) is 0 Å². The number of imidazole rings is 1. The van der Waals surface area contributed by atoms with Crippen LogP contribution in [0, 0.1) is 0 Å². The second-order valence-electron chi connectivity index (χ2n) is 7.53. The molecule has 4 rings (SSSR count). The molecular weight excluding hydrogens is 342 g/mol. The van der Waals surface area contributed by atoms with Gasteiger partial charge in [-0.25, -0.2) is 9.97 Å². The SMILES string of the molecule is CCC(=O)N1CCc2[nH]cnc2C12CCN(c1cncc(N(C)C)n1)CC2. The van der Waals surface area contributed by atoms with E-state index >= 15 is 0 Å². The zero-order valence-corrected chi connectivity index (χ0v) is 16.3. The molecule has 0 atom stereocenters. The maximum Gasteiger partial charge on any atom is 0.223 e. The van der Waals surface area contributed by atoms with Gasteiger partial charge in [-0.3, -0.25) is 9.78 Å². The number of hydrogen-bond acceptors (Lipinski definition) is 6. The number of nitrogens with one attached hydrogen (secondary N) is 1. The lowest BCUT2D eigenvalue weighted by molar-refractivity contribution is -0.140. The van der Waals surface area contributed by atoms with Crippen molar-refractivity contribution >= 4 is 17.5 Å². The van der Waals surface area contributed by atoms with Crippen LogP contribution in [0.1, 0.15) is 37.6 Å². The van der Waals surface area contributed by atoms with Crippen molar-refractivity contribution in [2.24, 2.45) is 0 Å². The van der Waals surface area contributed by atoms with E-state index in [0.29, 0.717) is 6.42 Å². The fourth-order valence-corrected chi connectivity index (χ4v) is 4.36. The molecule has 1 spiro atoms. The van der Waals surface area contributed by atoms with Gasteiger partial charge in [-0.05, 0) is 12.8 Å². The van der Waals surface area contributed by atoms with Crippen molar-refractivity contribution in [1.29, 1.82) is 0 Å². The van der Waals surface area contributed by atoms with Crippen LogP contribution in [0.5, 0.6) is 0 Å². The van der Waals surface area contributed by atoms with Crippen molar-refractivity contribution < 1.29 is 4.79 Å². The van der Waals surface area contributed by atoms with Crippen molar-refractivity contribution in [1.82, 2.24) is 24.8 Å². The quantitative estimate of drug-likeness (QED) is 0.884. The van der Waals surface area contributed by atoms with E-state index in [-0.39, 0.29) is 11.4 Å². The predicted octanol–water partition coefficient (Wildman–Crippen LogP) is 1.56. The van der Waals surface area contributed by atoms with Crippen LogP contribution in [0.4, 0.5) is 11.6 Å². The average Bonchev–Trinajstić information content (AvgIpc) is 3.18. The number of H-pyrrole nitrogens is 1. The summed E-state index contributed by atoms with van der Waals surface area (Å²) in [5, 5.41) is 0. The molecule has 27 heavy (non-hydrogen) atoms. The maximum absolute atomic E-state index is 12.7. The van der Waals surface area contributed by atoms with E-state index in [0.717, 1.165) is 56.2 Å². The Bertz CT molecular complexity index is 823. The number of hydrogen-bond donors (Lipinski definition) is 1. The summed E-state index contributed by atoms with van der Waals surface area (Å²) in [7, 11) is 3.93. The summed E-state index contributed by atoms with van der Waals surface area (Å²) in [6, 6.07) is 0. The number of amides is 1. The fourth-order valence-electron chi connectivity index (χ4n) is 4.36. The molecule has 8 nitrogen and oxygen atoms in total. The van der Waals surface area contributed by atoms with Gasteiger partial charge in [0, 0.05) is 52.3 Å². The highest BCUT2D eigenvalue weighted by Gasteiger charge is 2.48. The van der Waals surface area contributed by atoms with Crippen molar-refractivity contribution in [2.75, 3.05) is 43.5 Å². The van der Waals surface area contributed by atoms with E-state index in [1.807, 2.05) is 32.1 Å². The molecule has 0 saturated carbocycles. The number of nitrogens with zero attached hydrogens (tertiary/aromatic N) is 6. The van der Waals surface area contributed by atoms with Crippen LogP contribution in [-0.2, 0) is 16.8 Å². The van der Waals surface area contributed by atoms with Gasteiger partial charge in [-0.15, -0.1) is 0 Å². The number of anilines is 2. The zero-order chi connectivity index (χ0) is 19.0. The Kier molecular flexibility index (Phi) is 4.49. The van der Waals surface area contributed by atoms with Crippen LogP contribution in [0.25, 0.3) is 0 Å². The lowest BCUT2D eigenvalue weighted by Crippen LogP contribution is -2.58. The minimum absolute atomic E-state index is 0.214. The summed E-state index contributed by atoms with van der Waals surface area (Å²) in [5.41, 5.74) is 1.94. The van der Waals surface area contributed by atoms with Crippen molar-refractivity contribution in [3.63, 3.8) is 0 Å². The Balaban J connectivity index is 1.61. The summed E-state index contributed by atoms with van der Waals surface area (Å²) >= 11 is 0. The van der Waals surface area contributed by atoms with Crippen LogP contribution < -0.4 is 9.80 Å². The van der Waals surface area contributed by atoms with E-state index in [4.69, 9.17) is 4.98 Å². The smallest absolute Gasteiger partial charge is 0.223 e. The Hall–Kier alpha value is -2.64. The Labute approximate surface area is 159 Å². The predicted molar refractivity (Wildman–Crippen MR) is 104 cm³/mol. The molecule has 4 heterocycles. The fraction of sp³-hybridized carbons (Fsp3) is 0.579. The Morgan fingerprint density at radius 3 is 2.74 bits per heavy atom. The molecule has 0 unspecified atom stereocenters. The molecule has 144 valence electrons. The lowest BCUT2D eigenvalue weighted by atomic mass is 9.78. The van der Waals surface area contributed by atoms with E-state index in [1.54, 1.807) is 12.5 Å². The standard InChI is InChI=1S/C19H27N7O/c1-4-17(27)26-8-5-14-18(22-13-21-14)19(26)6-9-25(10-7-19)16-12-20-11-15(23-16)24(2)3/h11-13H,4-10H2,1-3H3,(H,21,22). The van der Waals surface area contributed by atoms with Crippen molar-refractivity contribution in [3.8, 4) is 0 Å². The van der Waals surface area contributed by atoms with E-state index in [1.165, 1.54) is 5.69 Å². The largest absolute Gasteiger partial charge is 0.361 e. The van der Waals surface area contributed by atoms with Crippen molar-refractivity contribution in [3.05, 3.63) is 30.1 Å². The van der Waals surface area contributed by atoms with Gasteiger partial charge in [0.05, 0.1) is 30.0 Å². The van der Waals surface area contributed by atoms with E-state index in [9.17, 15) is 4.79 Å². The van der Waals surface area contributed by atoms with Crippen LogP contribution in [0.3, 0.4) is 0 Å². The third kappa shape index (κ3) is 2.93. The summed E-state index contributed by atoms with van der Waals surface area (Å²) in [4.78, 5) is 36.0. The summed E-state index contributed by atoms with van der Waals surface area (Å²) < 4.78 is 0. The molecule has 1 amide bonds. The van der Waals surface area contributed by atoms with Gasteiger partial charge in [0.15, 0.2) is 0 Å². The lowest BCUT2D eigenvalue weighted by Gasteiger charge is -2.50. The van der Waals surface area contributed by atoms with Gasteiger partial charge in [0.1, 0.15) is 11.6 Å². The molecule has 2 aromatic rings. The van der Waals surface area contributed by atoms with Gasteiger partial charge in [0.2, 0.25) is 5.91 Å². The molecule has 0 aliphatic carbocycles. The molecule has 0 aromatic carbocycles. The molecular formula is C19H27N7O. The number of aromatic amines is 1. The maximum atomic E-state index is 12.7. The first-order valence-corrected chi connectivity index (χ1v) is 9.62. The molecule has 2 aliphatic rings. The summed E-state index contributed by atoms with van der Waals surface area (Å²) in [6.07, 6.45) is 8.44. The molecule has 1 fully saturated rings. The van der Waals surface area contributed by atoms with Gasteiger partial charge in [-0.2, -0.15) is 0 Å².